The van der Waals surface area contributed by atoms with Gasteiger partial charge in [0.25, 0.3) is 5.91 Å². The highest BCUT2D eigenvalue weighted by molar-refractivity contribution is 7.86. The van der Waals surface area contributed by atoms with Gasteiger partial charge < -0.3 is 24.8 Å². The van der Waals surface area contributed by atoms with Crippen molar-refractivity contribution < 1.29 is 22.9 Å². The molecule has 1 aromatic carbocycles. The van der Waals surface area contributed by atoms with Crippen LogP contribution in [-0.4, -0.2) is 47.7 Å². The molecule has 3 rings (SSSR count). The lowest BCUT2D eigenvalue weighted by molar-refractivity contribution is -0.125. The number of aromatic nitrogens is 1. The highest BCUT2D eigenvalue weighted by Crippen LogP contribution is 2.37. The fraction of sp³-hybridized carbons (Fsp3) is 0.368. The first kappa shape index (κ1) is 21.0. The van der Waals surface area contributed by atoms with Crippen LogP contribution >= 0.6 is 0 Å². The summed E-state index contributed by atoms with van der Waals surface area (Å²) in [5, 5.41) is 0. The molecule has 0 aliphatic carbocycles. The van der Waals surface area contributed by atoms with Crippen LogP contribution in [0.4, 0.5) is 21.6 Å². The van der Waals surface area contributed by atoms with Crippen LogP contribution in [0.5, 0.6) is 5.75 Å². The van der Waals surface area contributed by atoms with E-state index in [1.165, 1.54) is 19.4 Å². The first-order valence-electron chi connectivity index (χ1n) is 9.11. The average Bonchev–Trinajstić information content (AvgIpc) is 2.69. The van der Waals surface area contributed by atoms with Crippen LogP contribution in [0.25, 0.3) is 11.1 Å². The zero-order valence-electron chi connectivity index (χ0n) is 16.2. The fourth-order valence-corrected chi connectivity index (χ4v) is 3.90. The number of nitrogens with zero attached hydrogens (tertiary/aromatic N) is 2. The maximum atomic E-state index is 14.7. The van der Waals surface area contributed by atoms with Crippen LogP contribution in [0.15, 0.2) is 24.4 Å². The number of anilines is 3. The second-order valence-electron chi connectivity index (χ2n) is 6.41. The number of carbonyl (C=O) groups is 1. The van der Waals surface area contributed by atoms with Gasteiger partial charge in [-0.25, -0.2) is 13.6 Å². The summed E-state index contributed by atoms with van der Waals surface area (Å²) in [7, 11) is -0.0446. The van der Waals surface area contributed by atoms with E-state index in [2.05, 4.69) is 9.71 Å². The predicted octanol–water partition coefficient (Wildman–Crippen LogP) is 2.33. The smallest absolute Gasteiger partial charge is 0.253 e. The first-order chi connectivity index (χ1) is 13.9. The van der Waals surface area contributed by atoms with Crippen LogP contribution < -0.4 is 20.1 Å². The summed E-state index contributed by atoms with van der Waals surface area (Å²) in [5.74, 6) is -0.267. The van der Waals surface area contributed by atoms with Crippen molar-refractivity contribution in [2.24, 2.45) is 0 Å². The van der Waals surface area contributed by atoms with E-state index in [-0.39, 0.29) is 29.8 Å². The number of ether oxygens (including phenoxy) is 2. The Balaban J connectivity index is 2.03. The maximum absolute atomic E-state index is 14.7. The summed E-state index contributed by atoms with van der Waals surface area (Å²) < 4.78 is 39.9. The molecule has 1 fully saturated rings. The lowest BCUT2D eigenvalue weighted by Crippen LogP contribution is -2.41. The minimum atomic E-state index is -1.38. The molecule has 1 aromatic heterocycles. The monoisotopic (exact) mass is 422 g/mol. The summed E-state index contributed by atoms with van der Waals surface area (Å²) in [4.78, 5) is 17.8. The molecule has 0 radical (unpaired) electrons. The molecule has 1 saturated heterocycles. The topological polar surface area (TPSA) is 107 Å². The van der Waals surface area contributed by atoms with Crippen molar-refractivity contribution in [1.29, 1.82) is 0 Å². The van der Waals surface area contributed by atoms with E-state index in [9.17, 15) is 13.4 Å². The number of carbonyl (C=O) groups excluding carboxylic acids is 1. The van der Waals surface area contributed by atoms with Gasteiger partial charge >= 0.3 is 0 Å². The summed E-state index contributed by atoms with van der Waals surface area (Å²) in [5.41, 5.74) is 7.70. The Morgan fingerprint density at radius 2 is 2.21 bits per heavy atom. The van der Waals surface area contributed by atoms with Crippen LogP contribution in [-0.2, 0) is 20.5 Å². The van der Waals surface area contributed by atoms with Gasteiger partial charge in [0.1, 0.15) is 23.4 Å². The molecule has 0 saturated carbocycles. The van der Waals surface area contributed by atoms with Gasteiger partial charge in [-0.15, -0.1) is 0 Å². The van der Waals surface area contributed by atoms with Crippen molar-refractivity contribution in [3.63, 3.8) is 0 Å². The lowest BCUT2D eigenvalue weighted by Gasteiger charge is -2.27. The van der Waals surface area contributed by atoms with Crippen LogP contribution in [0, 0.1) is 5.82 Å². The molecule has 0 bridgehead atoms. The Kier molecular flexibility index (Phi) is 6.65. The number of hydrogen-bond acceptors (Lipinski definition) is 6. The molecule has 3 N–H and O–H groups in total. The summed E-state index contributed by atoms with van der Waals surface area (Å²) in [6, 6.07) is 4.55. The van der Waals surface area contributed by atoms with E-state index in [1.807, 2.05) is 6.92 Å². The molecule has 1 atom stereocenters. The van der Waals surface area contributed by atoms with Gasteiger partial charge in [0.05, 0.1) is 31.3 Å². The molecule has 1 unspecified atom stereocenters. The van der Waals surface area contributed by atoms with Crippen LogP contribution in [0.3, 0.4) is 0 Å². The van der Waals surface area contributed by atoms with Gasteiger partial charge in [0.2, 0.25) is 0 Å². The molecule has 2 aromatic rings. The Hall–Kier alpha value is -2.72. The van der Waals surface area contributed by atoms with Gasteiger partial charge in [-0.2, -0.15) is 0 Å². The molecular formula is C19H23FN4O4S. The third-order valence-corrected chi connectivity index (χ3v) is 5.60. The number of halogens is 1. The fourth-order valence-electron chi connectivity index (χ4n) is 3.03. The maximum Gasteiger partial charge on any atom is 0.253 e. The van der Waals surface area contributed by atoms with E-state index in [1.54, 1.807) is 17.0 Å². The molecule has 1 aliphatic heterocycles. The molecule has 10 heteroatoms. The van der Waals surface area contributed by atoms with E-state index < -0.39 is 16.8 Å². The number of methoxy groups -OCH3 is 1. The number of pyridine rings is 1. The van der Waals surface area contributed by atoms with Crippen molar-refractivity contribution in [3.8, 4) is 16.9 Å². The number of nitrogens with two attached hydrogens (primary N) is 1. The third kappa shape index (κ3) is 4.65. The Labute approximate surface area is 170 Å². The number of hydrogen-bond donors (Lipinski definition) is 2. The number of morpholine rings is 1. The molecule has 8 nitrogen and oxygen atoms in total. The highest BCUT2D eigenvalue weighted by atomic mass is 32.2. The second-order valence-corrected chi connectivity index (χ2v) is 7.72. The summed E-state index contributed by atoms with van der Waals surface area (Å²) in [6.45, 7) is 2.70. The molecule has 2 heterocycles. The Morgan fingerprint density at radius 3 is 2.90 bits per heavy atom. The lowest BCUT2D eigenvalue weighted by atomic mass is 10.0. The number of nitrogens with one attached hydrogen (secondary N) is 1. The van der Waals surface area contributed by atoms with Crippen LogP contribution in [0.1, 0.15) is 13.3 Å². The Bertz CT molecular complexity index is 941. The van der Waals surface area contributed by atoms with E-state index in [4.69, 9.17) is 15.2 Å². The number of rotatable bonds is 7. The zero-order chi connectivity index (χ0) is 21.0. The van der Waals surface area contributed by atoms with Crippen molar-refractivity contribution in [1.82, 2.24) is 4.98 Å². The van der Waals surface area contributed by atoms with Crippen molar-refractivity contribution in [2.45, 2.75) is 13.3 Å². The van der Waals surface area contributed by atoms with Crippen molar-refractivity contribution in [2.75, 3.05) is 48.0 Å². The van der Waals surface area contributed by atoms with Gasteiger partial charge in [-0.3, -0.25) is 4.79 Å². The molecular weight excluding hydrogens is 399 g/mol. The molecule has 1 amide bonds. The van der Waals surface area contributed by atoms with Gasteiger partial charge in [0, 0.05) is 17.9 Å². The number of amides is 1. The average molecular weight is 422 g/mol. The van der Waals surface area contributed by atoms with E-state index in [0.717, 1.165) is 0 Å². The minimum absolute atomic E-state index is 0.00577. The molecule has 1 aliphatic rings. The van der Waals surface area contributed by atoms with Gasteiger partial charge in [0.15, 0.2) is 11.6 Å². The van der Waals surface area contributed by atoms with Crippen molar-refractivity contribution >= 4 is 34.1 Å². The van der Waals surface area contributed by atoms with E-state index in [0.29, 0.717) is 42.1 Å². The first-order valence-corrected chi connectivity index (χ1v) is 10.4. The third-order valence-electron chi connectivity index (χ3n) is 4.37. The van der Waals surface area contributed by atoms with Gasteiger partial charge in [-0.05, 0) is 30.2 Å². The quantitative estimate of drug-likeness (QED) is 0.709. The van der Waals surface area contributed by atoms with Crippen molar-refractivity contribution in [3.05, 3.63) is 30.2 Å². The zero-order valence-corrected chi connectivity index (χ0v) is 17.1. The standard InChI is InChI=1S/C19H23FN4O4S/c1-3-6-29(26)23-16-8-12(7-15(20)18(16)27-2)14-9-13(10-22-19(14)21)24-4-5-28-11-17(24)25/h7-10,23H,3-6,11H2,1-2H3,(H2,21,22). The minimum Gasteiger partial charge on any atom is -0.492 e. The number of benzene rings is 1. The molecule has 0 spiro atoms. The highest BCUT2D eigenvalue weighted by Gasteiger charge is 2.22. The summed E-state index contributed by atoms with van der Waals surface area (Å²) >= 11 is 0. The Morgan fingerprint density at radius 1 is 1.41 bits per heavy atom. The number of nitrogen functional groups attached to an aromatic ring is 1. The largest absolute Gasteiger partial charge is 0.492 e. The van der Waals surface area contributed by atoms with Gasteiger partial charge in [-0.1, -0.05) is 6.92 Å². The predicted molar refractivity (Wildman–Crippen MR) is 111 cm³/mol. The SMILES string of the molecule is CCCS(=O)Nc1cc(-c2cc(N3CCOCC3=O)cnc2N)cc(F)c1OC. The van der Waals surface area contributed by atoms with E-state index >= 15 is 0 Å². The molecule has 29 heavy (non-hydrogen) atoms. The summed E-state index contributed by atoms with van der Waals surface area (Å²) in [6.07, 6.45) is 2.20. The molecule has 156 valence electrons. The van der Waals surface area contributed by atoms with Crippen LogP contribution in [0.2, 0.25) is 0 Å². The normalized spacial score (nSPS) is 15.3. The second kappa shape index (κ2) is 9.19.